The fourth-order valence-electron chi connectivity index (χ4n) is 3.36. The Hall–Kier alpha value is -2.85. The number of methoxy groups -OCH3 is 1. The summed E-state index contributed by atoms with van der Waals surface area (Å²) in [4.78, 5) is 14.7. The van der Waals surface area contributed by atoms with E-state index in [2.05, 4.69) is 6.07 Å². The SMILES string of the molecule is COCCN(Cc1ccc(C#N)cc1)C(=O)C1CC1c1ccc(C(F)(F)F)cc1. The molecule has 1 aliphatic carbocycles. The van der Waals surface area contributed by atoms with Crippen LogP contribution in [0, 0.1) is 17.2 Å². The van der Waals surface area contributed by atoms with Crippen molar-refractivity contribution < 1.29 is 22.7 Å². The molecule has 7 heteroatoms. The molecule has 0 aromatic heterocycles. The van der Waals surface area contributed by atoms with Crippen molar-refractivity contribution in [3.8, 4) is 6.07 Å². The molecule has 1 fully saturated rings. The van der Waals surface area contributed by atoms with E-state index < -0.39 is 11.7 Å². The van der Waals surface area contributed by atoms with Gasteiger partial charge in [0.25, 0.3) is 0 Å². The first kappa shape index (κ1) is 20.9. The topological polar surface area (TPSA) is 53.3 Å². The summed E-state index contributed by atoms with van der Waals surface area (Å²) in [6, 6.07) is 14.1. The number of hydrogen-bond acceptors (Lipinski definition) is 3. The van der Waals surface area contributed by atoms with Crippen molar-refractivity contribution in [3.63, 3.8) is 0 Å². The van der Waals surface area contributed by atoms with Crippen molar-refractivity contribution in [1.82, 2.24) is 4.90 Å². The molecular weight excluding hydrogens is 381 g/mol. The monoisotopic (exact) mass is 402 g/mol. The van der Waals surface area contributed by atoms with Crippen LogP contribution in [0.1, 0.15) is 34.6 Å². The van der Waals surface area contributed by atoms with Gasteiger partial charge in [0.1, 0.15) is 0 Å². The lowest BCUT2D eigenvalue weighted by atomic mass is 10.1. The van der Waals surface area contributed by atoms with Crippen LogP contribution in [-0.4, -0.2) is 31.1 Å². The molecule has 0 spiro atoms. The molecule has 0 N–H and O–H groups in total. The summed E-state index contributed by atoms with van der Waals surface area (Å²) in [5.74, 6) is -0.325. The Kier molecular flexibility index (Phi) is 6.23. The van der Waals surface area contributed by atoms with E-state index in [0.717, 1.165) is 23.3 Å². The van der Waals surface area contributed by atoms with E-state index in [1.54, 1.807) is 24.1 Å². The minimum Gasteiger partial charge on any atom is -0.383 e. The highest BCUT2D eigenvalue weighted by atomic mass is 19.4. The van der Waals surface area contributed by atoms with Crippen molar-refractivity contribution in [2.75, 3.05) is 20.3 Å². The molecule has 2 aromatic rings. The second kappa shape index (κ2) is 8.66. The van der Waals surface area contributed by atoms with Crippen molar-refractivity contribution >= 4 is 5.91 Å². The molecule has 0 saturated heterocycles. The van der Waals surface area contributed by atoms with Crippen LogP contribution >= 0.6 is 0 Å². The van der Waals surface area contributed by atoms with Crippen LogP contribution in [-0.2, 0) is 22.3 Å². The Morgan fingerprint density at radius 2 is 1.83 bits per heavy atom. The zero-order valence-electron chi connectivity index (χ0n) is 15.9. The number of carbonyl (C=O) groups is 1. The number of halogens is 3. The van der Waals surface area contributed by atoms with Gasteiger partial charge in [0.15, 0.2) is 0 Å². The molecule has 1 amide bonds. The summed E-state index contributed by atoms with van der Waals surface area (Å²) in [7, 11) is 1.56. The van der Waals surface area contributed by atoms with Gasteiger partial charge in [0.05, 0.1) is 23.8 Å². The number of hydrogen-bond donors (Lipinski definition) is 0. The molecule has 2 unspecified atom stereocenters. The number of rotatable bonds is 7. The van der Waals surface area contributed by atoms with Gasteiger partial charge >= 0.3 is 6.18 Å². The van der Waals surface area contributed by atoms with E-state index in [9.17, 15) is 18.0 Å². The van der Waals surface area contributed by atoms with Crippen LogP contribution in [0.15, 0.2) is 48.5 Å². The van der Waals surface area contributed by atoms with Crippen LogP contribution in [0.5, 0.6) is 0 Å². The van der Waals surface area contributed by atoms with Gasteiger partial charge in [-0.05, 0) is 47.7 Å². The van der Waals surface area contributed by atoms with Crippen LogP contribution in [0.25, 0.3) is 0 Å². The highest BCUT2D eigenvalue weighted by molar-refractivity contribution is 5.83. The number of carbonyl (C=O) groups excluding carboxylic acids is 1. The van der Waals surface area contributed by atoms with E-state index >= 15 is 0 Å². The molecule has 0 aliphatic heterocycles. The lowest BCUT2D eigenvalue weighted by molar-refractivity contribution is -0.137. The minimum absolute atomic E-state index is 0.0312. The summed E-state index contributed by atoms with van der Waals surface area (Å²) >= 11 is 0. The zero-order chi connectivity index (χ0) is 21.0. The van der Waals surface area contributed by atoms with Crippen molar-refractivity contribution in [1.29, 1.82) is 5.26 Å². The molecule has 3 rings (SSSR count). The first-order chi connectivity index (χ1) is 13.8. The standard InChI is InChI=1S/C22H21F3N2O2/c1-29-11-10-27(14-16-4-2-15(13-26)3-5-16)21(28)20-12-19(20)17-6-8-18(9-7-17)22(23,24)25/h2-9,19-20H,10-12,14H2,1H3. The maximum absolute atomic E-state index is 13.0. The normalized spacial score (nSPS) is 18.2. The van der Waals surface area contributed by atoms with Crippen LogP contribution in [0.3, 0.4) is 0 Å². The molecule has 1 aliphatic rings. The third kappa shape index (κ3) is 5.15. The Labute approximate surface area is 167 Å². The first-order valence-electron chi connectivity index (χ1n) is 9.27. The Morgan fingerprint density at radius 3 is 2.38 bits per heavy atom. The lowest BCUT2D eigenvalue weighted by Crippen LogP contribution is -2.34. The second-order valence-corrected chi connectivity index (χ2v) is 7.13. The van der Waals surface area contributed by atoms with E-state index in [4.69, 9.17) is 10.00 Å². The number of benzene rings is 2. The van der Waals surface area contributed by atoms with E-state index in [-0.39, 0.29) is 17.7 Å². The maximum atomic E-state index is 13.0. The predicted octanol–water partition coefficient (Wildman–Crippen LogP) is 4.36. The summed E-state index contributed by atoms with van der Waals surface area (Å²) in [5, 5.41) is 8.90. The van der Waals surface area contributed by atoms with E-state index in [1.165, 1.54) is 12.1 Å². The van der Waals surface area contributed by atoms with Crippen molar-refractivity contribution in [2.45, 2.75) is 25.1 Å². The maximum Gasteiger partial charge on any atom is 0.416 e. The second-order valence-electron chi connectivity index (χ2n) is 7.13. The number of ether oxygens (including phenoxy) is 1. The van der Waals surface area contributed by atoms with Gasteiger partial charge in [0, 0.05) is 26.1 Å². The van der Waals surface area contributed by atoms with Gasteiger partial charge in [-0.2, -0.15) is 18.4 Å². The lowest BCUT2D eigenvalue weighted by Gasteiger charge is -2.23. The number of amides is 1. The number of alkyl halides is 3. The molecule has 0 heterocycles. The number of nitriles is 1. The van der Waals surface area contributed by atoms with E-state index in [1.807, 2.05) is 12.1 Å². The average Bonchev–Trinajstić information content (AvgIpc) is 3.51. The third-order valence-electron chi connectivity index (χ3n) is 5.11. The van der Waals surface area contributed by atoms with Crippen LogP contribution < -0.4 is 0 Å². The highest BCUT2D eigenvalue weighted by Crippen LogP contribution is 2.49. The summed E-state index contributed by atoms with van der Waals surface area (Å²) < 4.78 is 43.3. The smallest absolute Gasteiger partial charge is 0.383 e. The largest absolute Gasteiger partial charge is 0.416 e. The van der Waals surface area contributed by atoms with Crippen LogP contribution in [0.2, 0.25) is 0 Å². The molecule has 0 bridgehead atoms. The quantitative estimate of drug-likeness (QED) is 0.692. The Bertz CT molecular complexity index is 886. The average molecular weight is 402 g/mol. The summed E-state index contributed by atoms with van der Waals surface area (Å²) in [5.41, 5.74) is 1.52. The van der Waals surface area contributed by atoms with Gasteiger partial charge in [-0.15, -0.1) is 0 Å². The molecule has 1 saturated carbocycles. The predicted molar refractivity (Wildman–Crippen MR) is 101 cm³/mol. The molecular formula is C22H21F3N2O2. The van der Waals surface area contributed by atoms with Gasteiger partial charge in [0.2, 0.25) is 5.91 Å². The van der Waals surface area contributed by atoms with Crippen LogP contribution in [0.4, 0.5) is 13.2 Å². The van der Waals surface area contributed by atoms with Gasteiger partial charge in [-0.1, -0.05) is 24.3 Å². The fraction of sp³-hybridized carbons (Fsp3) is 0.364. The molecule has 0 radical (unpaired) electrons. The van der Waals surface area contributed by atoms with Gasteiger partial charge < -0.3 is 9.64 Å². The van der Waals surface area contributed by atoms with E-state index in [0.29, 0.717) is 31.7 Å². The summed E-state index contributed by atoms with van der Waals surface area (Å²) in [6.07, 6.45) is -3.74. The first-order valence-corrected chi connectivity index (χ1v) is 9.27. The number of nitrogens with zero attached hydrogens (tertiary/aromatic N) is 2. The molecule has 2 atom stereocenters. The zero-order valence-corrected chi connectivity index (χ0v) is 15.9. The molecule has 2 aromatic carbocycles. The fourth-order valence-corrected chi connectivity index (χ4v) is 3.36. The van der Waals surface area contributed by atoms with Crippen molar-refractivity contribution in [3.05, 3.63) is 70.8 Å². The van der Waals surface area contributed by atoms with Gasteiger partial charge in [-0.3, -0.25) is 4.79 Å². The van der Waals surface area contributed by atoms with Crippen molar-refractivity contribution in [2.24, 2.45) is 5.92 Å². The Balaban J connectivity index is 1.67. The summed E-state index contributed by atoms with van der Waals surface area (Å²) in [6.45, 7) is 1.20. The van der Waals surface area contributed by atoms with Gasteiger partial charge in [-0.25, -0.2) is 0 Å². The Morgan fingerprint density at radius 1 is 1.17 bits per heavy atom. The molecule has 4 nitrogen and oxygen atoms in total. The highest BCUT2D eigenvalue weighted by Gasteiger charge is 2.46. The minimum atomic E-state index is -4.37. The molecule has 152 valence electrons. The molecule has 29 heavy (non-hydrogen) atoms. The third-order valence-corrected chi connectivity index (χ3v) is 5.11.